The molecule has 6 aromatic heterocycles. The molecule has 440 valence electrons. The Morgan fingerprint density at radius 2 is 0.511 bits per heavy atom. The molecule has 6 heterocycles. The molecule has 0 atom stereocenters. The second-order valence-corrected chi connectivity index (χ2v) is 24.3. The maximum Gasteiger partial charge on any atom is 0.161 e. The van der Waals surface area contributed by atoms with E-state index in [1.54, 1.807) is 0 Å². The molecule has 0 spiro atoms. The van der Waals surface area contributed by atoms with Crippen LogP contribution >= 0.6 is 0 Å². The van der Waals surface area contributed by atoms with E-state index in [0.717, 1.165) is 105 Å². The molecule has 0 saturated carbocycles. The van der Waals surface area contributed by atoms with Crippen LogP contribution in [-0.4, -0.2) is 18.3 Å². The highest BCUT2D eigenvalue weighted by Gasteiger charge is 2.25. The van der Waals surface area contributed by atoms with Crippen LogP contribution in [0.4, 0.5) is 0 Å². The van der Waals surface area contributed by atoms with Crippen LogP contribution in [0, 0.1) is 0 Å². The van der Waals surface area contributed by atoms with E-state index in [4.69, 9.17) is 8.83 Å². The standard InChI is InChI=1S/2C44H28N2O/c1-3-13-31(14-4-1)45-38-22-9-7-17-35(38)36-21-11-20-34(42(36)45)30-27-25-29(26-28-30)33-19-12-24-40-41(33)43-44(47-40)37-18-8-10-23-39(37)46(43)32-15-5-2-6-16-32;1-3-12-32(13-4-1)45-38-19-9-7-16-35(38)36-27-26-31(28-40(36)45)29-22-24-30(25-23-29)34-18-11-21-41-42(34)43-44(47-41)37-17-8-10-20-39(37)46(43)33-14-5-2-6-15-33/h2*1-28H. The number of fused-ring (bicyclic) bond motifs is 16. The van der Waals surface area contributed by atoms with Gasteiger partial charge in [-0.2, -0.15) is 0 Å². The summed E-state index contributed by atoms with van der Waals surface area (Å²) in [6.07, 6.45) is 0. The molecule has 6 heteroatoms. The van der Waals surface area contributed by atoms with E-state index in [2.05, 4.69) is 358 Å². The van der Waals surface area contributed by atoms with Gasteiger partial charge in [-0.15, -0.1) is 0 Å². The molecule has 0 fully saturated rings. The highest BCUT2D eigenvalue weighted by Crippen LogP contribution is 2.46. The summed E-state index contributed by atoms with van der Waals surface area (Å²) in [5.74, 6) is 0. The van der Waals surface area contributed by atoms with Crippen LogP contribution in [0.1, 0.15) is 0 Å². The number of furan rings is 2. The molecule has 94 heavy (non-hydrogen) atoms. The summed E-state index contributed by atoms with van der Waals surface area (Å²) in [7, 11) is 0. The van der Waals surface area contributed by atoms with Crippen molar-refractivity contribution in [1.82, 2.24) is 18.3 Å². The van der Waals surface area contributed by atoms with E-state index in [9.17, 15) is 0 Å². The second-order valence-electron chi connectivity index (χ2n) is 24.3. The van der Waals surface area contributed by atoms with Crippen molar-refractivity contribution >= 4 is 110 Å². The largest absolute Gasteiger partial charge is 0.454 e. The van der Waals surface area contributed by atoms with Crippen molar-refractivity contribution in [1.29, 1.82) is 0 Å². The quantitative estimate of drug-likeness (QED) is 0.152. The van der Waals surface area contributed by atoms with Crippen LogP contribution in [0.15, 0.2) is 349 Å². The Morgan fingerprint density at radius 1 is 0.191 bits per heavy atom. The van der Waals surface area contributed by atoms with Gasteiger partial charge in [0.15, 0.2) is 11.2 Å². The lowest BCUT2D eigenvalue weighted by Crippen LogP contribution is -1.95. The number of benzene rings is 14. The van der Waals surface area contributed by atoms with Crippen LogP contribution in [0.5, 0.6) is 0 Å². The monoisotopic (exact) mass is 1200 g/mol. The van der Waals surface area contributed by atoms with Crippen molar-refractivity contribution in [3.63, 3.8) is 0 Å². The molecule has 20 rings (SSSR count). The minimum Gasteiger partial charge on any atom is -0.454 e. The third kappa shape index (κ3) is 8.30. The maximum absolute atomic E-state index is 6.63. The number of para-hydroxylation sites is 9. The number of rotatable bonds is 8. The molecule has 0 aliphatic heterocycles. The first-order valence-corrected chi connectivity index (χ1v) is 32.1. The second kappa shape index (κ2) is 21.5. The first kappa shape index (κ1) is 53.2. The Kier molecular flexibility index (Phi) is 12.2. The van der Waals surface area contributed by atoms with Gasteiger partial charge < -0.3 is 27.1 Å². The number of hydrogen-bond acceptors (Lipinski definition) is 2. The van der Waals surface area contributed by atoms with E-state index in [0.29, 0.717) is 0 Å². The zero-order valence-electron chi connectivity index (χ0n) is 50.9. The molecule has 0 bridgehead atoms. The van der Waals surface area contributed by atoms with Gasteiger partial charge in [0.05, 0.1) is 43.9 Å². The van der Waals surface area contributed by atoms with E-state index in [1.165, 1.54) is 71.6 Å². The van der Waals surface area contributed by atoms with Crippen molar-refractivity contribution in [2.24, 2.45) is 0 Å². The fourth-order valence-electron chi connectivity index (χ4n) is 15.0. The predicted molar refractivity (Wildman–Crippen MR) is 392 cm³/mol. The molecule has 0 aliphatic carbocycles. The summed E-state index contributed by atoms with van der Waals surface area (Å²) >= 11 is 0. The van der Waals surface area contributed by atoms with Crippen molar-refractivity contribution < 1.29 is 8.83 Å². The van der Waals surface area contributed by atoms with Crippen LogP contribution in [0.2, 0.25) is 0 Å². The van der Waals surface area contributed by atoms with Gasteiger partial charge in [0.2, 0.25) is 0 Å². The van der Waals surface area contributed by atoms with Crippen LogP contribution < -0.4 is 0 Å². The Labute approximate surface area is 540 Å². The summed E-state index contributed by atoms with van der Waals surface area (Å²) < 4.78 is 22.7. The average molecular weight is 1200 g/mol. The van der Waals surface area contributed by atoms with Crippen LogP contribution in [0.25, 0.3) is 177 Å². The SMILES string of the molecule is c1ccc(-n2c3ccccc3c3ccc(-c4ccc(-c5cccc6oc7c8ccccc8n(-c8ccccc8)c7c56)cc4)cc32)cc1.c1ccc(-n2c3ccccc3c3cccc(-c4ccc(-c5cccc6oc7c8ccccc8n(-c8ccccc8)c7c56)cc4)c32)cc1. The van der Waals surface area contributed by atoms with Gasteiger partial charge in [-0.1, -0.05) is 237 Å². The molecule has 6 nitrogen and oxygen atoms in total. The van der Waals surface area contributed by atoms with Crippen molar-refractivity contribution in [2.75, 3.05) is 0 Å². The molecular weight excluding hydrogens is 1140 g/mol. The Hall–Kier alpha value is -12.6. The van der Waals surface area contributed by atoms with Crippen molar-refractivity contribution in [3.8, 4) is 67.3 Å². The molecule has 14 aromatic carbocycles. The van der Waals surface area contributed by atoms with Gasteiger partial charge in [-0.05, 0) is 142 Å². The molecule has 0 N–H and O–H groups in total. The number of hydrogen-bond donors (Lipinski definition) is 0. The maximum atomic E-state index is 6.63. The molecule has 0 amide bonds. The van der Waals surface area contributed by atoms with E-state index >= 15 is 0 Å². The van der Waals surface area contributed by atoms with E-state index in [1.807, 2.05) is 0 Å². The third-order valence-electron chi connectivity index (χ3n) is 19.1. The first-order valence-electron chi connectivity index (χ1n) is 32.1. The average Bonchev–Trinajstić information content (AvgIpc) is 1.58. The van der Waals surface area contributed by atoms with E-state index in [-0.39, 0.29) is 0 Å². The summed E-state index contributed by atoms with van der Waals surface area (Å²) in [6.45, 7) is 0. The Morgan fingerprint density at radius 3 is 0.989 bits per heavy atom. The van der Waals surface area contributed by atoms with Crippen molar-refractivity contribution in [3.05, 3.63) is 340 Å². The molecular formula is C88H56N4O2. The topological polar surface area (TPSA) is 46.0 Å². The normalized spacial score (nSPS) is 11.8. The van der Waals surface area contributed by atoms with Crippen molar-refractivity contribution in [2.45, 2.75) is 0 Å². The molecule has 0 saturated heterocycles. The molecule has 20 aromatic rings. The van der Waals surface area contributed by atoms with Gasteiger partial charge in [0, 0.05) is 60.6 Å². The molecule has 0 aliphatic rings. The number of nitrogens with zero attached hydrogens (tertiary/aromatic N) is 4. The van der Waals surface area contributed by atoms with E-state index < -0.39 is 0 Å². The lowest BCUT2D eigenvalue weighted by atomic mass is 9.96. The van der Waals surface area contributed by atoms with Gasteiger partial charge in [-0.25, -0.2) is 0 Å². The van der Waals surface area contributed by atoms with Gasteiger partial charge in [0.25, 0.3) is 0 Å². The summed E-state index contributed by atoms with van der Waals surface area (Å²) in [6, 6.07) is 121. The van der Waals surface area contributed by atoms with Gasteiger partial charge in [0.1, 0.15) is 22.2 Å². The summed E-state index contributed by atoms with van der Waals surface area (Å²) in [5, 5.41) is 9.53. The molecule has 0 radical (unpaired) electrons. The Bertz CT molecular complexity index is 6300. The van der Waals surface area contributed by atoms with Crippen LogP contribution in [0.3, 0.4) is 0 Å². The number of aromatic nitrogens is 4. The fourth-order valence-corrected chi connectivity index (χ4v) is 15.0. The first-order chi connectivity index (χ1) is 46.7. The summed E-state index contributed by atoms with van der Waals surface area (Å²) in [4.78, 5) is 0. The zero-order valence-corrected chi connectivity index (χ0v) is 50.9. The lowest BCUT2D eigenvalue weighted by Gasteiger charge is -2.12. The zero-order chi connectivity index (χ0) is 61.8. The lowest BCUT2D eigenvalue weighted by molar-refractivity contribution is 0.672. The summed E-state index contributed by atoms with van der Waals surface area (Å²) in [5.41, 5.74) is 26.9. The highest BCUT2D eigenvalue weighted by atomic mass is 16.3. The Balaban J connectivity index is 0.000000133. The van der Waals surface area contributed by atoms with Gasteiger partial charge >= 0.3 is 0 Å². The molecule has 0 unspecified atom stereocenters. The highest BCUT2D eigenvalue weighted by molar-refractivity contribution is 6.22. The minimum absolute atomic E-state index is 0.893. The minimum atomic E-state index is 0.893. The van der Waals surface area contributed by atoms with Crippen LogP contribution in [-0.2, 0) is 0 Å². The third-order valence-corrected chi connectivity index (χ3v) is 19.1. The predicted octanol–water partition coefficient (Wildman–Crippen LogP) is 23.9. The fraction of sp³-hybridized carbons (Fsp3) is 0. The smallest absolute Gasteiger partial charge is 0.161 e. The van der Waals surface area contributed by atoms with Gasteiger partial charge in [-0.3, -0.25) is 0 Å².